The monoisotopic (exact) mass is 168 g/mol. The number of allylic oxidation sites excluding steroid dienone is 1. The summed E-state index contributed by atoms with van der Waals surface area (Å²) in [6, 6.07) is 0. The molecule has 0 radical (unpaired) electrons. The molecule has 0 heterocycles. The van der Waals surface area contributed by atoms with Gasteiger partial charge in [-0.05, 0) is 30.6 Å². The first kappa shape index (κ1) is 11.7. The third-order valence-electron chi connectivity index (χ3n) is 2.42. The van der Waals surface area contributed by atoms with Gasteiger partial charge in [0.1, 0.15) is 0 Å². The average Bonchev–Trinajstić information content (AvgIpc) is 1.98. The van der Waals surface area contributed by atoms with Gasteiger partial charge in [0, 0.05) is 0 Å². The summed E-state index contributed by atoms with van der Waals surface area (Å²) in [5.41, 5.74) is 0.512. The molecule has 0 amide bonds. The van der Waals surface area contributed by atoms with E-state index in [0.29, 0.717) is 5.41 Å². The second kappa shape index (κ2) is 5.40. The fraction of sp³-hybridized carbons (Fsp3) is 0.833. The summed E-state index contributed by atoms with van der Waals surface area (Å²) < 4.78 is 0. The van der Waals surface area contributed by atoms with Crippen LogP contribution in [0.2, 0.25) is 0 Å². The van der Waals surface area contributed by atoms with Gasteiger partial charge in [-0.1, -0.05) is 40.2 Å². The standard InChI is InChI=1S/C12H24/c1-6-7-9-12(4,5)10-8-11(2)3/h6,11H,1,7-10H2,2-5H3. The zero-order valence-electron chi connectivity index (χ0n) is 9.19. The van der Waals surface area contributed by atoms with Crippen LogP contribution in [0.15, 0.2) is 12.7 Å². The van der Waals surface area contributed by atoms with E-state index in [1.165, 1.54) is 19.3 Å². The molecule has 0 heteroatoms. The van der Waals surface area contributed by atoms with Crippen molar-refractivity contribution in [1.29, 1.82) is 0 Å². The maximum absolute atomic E-state index is 3.76. The SMILES string of the molecule is C=CCCC(C)(C)CCC(C)C. The Balaban J connectivity index is 3.62. The van der Waals surface area contributed by atoms with Crippen molar-refractivity contribution in [2.75, 3.05) is 0 Å². The van der Waals surface area contributed by atoms with Crippen LogP contribution in [-0.4, -0.2) is 0 Å². The van der Waals surface area contributed by atoms with Gasteiger partial charge >= 0.3 is 0 Å². The van der Waals surface area contributed by atoms with E-state index in [1.54, 1.807) is 0 Å². The molecule has 0 aromatic rings. The van der Waals surface area contributed by atoms with Crippen LogP contribution in [0.4, 0.5) is 0 Å². The normalized spacial score (nSPS) is 12.1. The molecule has 0 saturated heterocycles. The fourth-order valence-corrected chi connectivity index (χ4v) is 1.30. The van der Waals surface area contributed by atoms with Gasteiger partial charge in [0.25, 0.3) is 0 Å². The average molecular weight is 168 g/mol. The Kier molecular flexibility index (Phi) is 5.28. The molecule has 0 saturated carbocycles. The summed E-state index contributed by atoms with van der Waals surface area (Å²) in [6.45, 7) is 13.1. The third kappa shape index (κ3) is 6.45. The van der Waals surface area contributed by atoms with E-state index in [2.05, 4.69) is 34.3 Å². The molecule has 0 aromatic heterocycles. The van der Waals surface area contributed by atoms with Crippen LogP contribution in [0.25, 0.3) is 0 Å². The molecule has 0 fully saturated rings. The number of hydrogen-bond acceptors (Lipinski definition) is 0. The maximum atomic E-state index is 3.76. The highest BCUT2D eigenvalue weighted by molar-refractivity contribution is 4.75. The summed E-state index contributed by atoms with van der Waals surface area (Å²) in [4.78, 5) is 0. The first-order chi connectivity index (χ1) is 5.48. The summed E-state index contributed by atoms with van der Waals surface area (Å²) in [6.07, 6.45) is 7.16. The minimum Gasteiger partial charge on any atom is -0.103 e. The lowest BCUT2D eigenvalue weighted by atomic mass is 9.81. The van der Waals surface area contributed by atoms with Gasteiger partial charge in [0.05, 0.1) is 0 Å². The van der Waals surface area contributed by atoms with Crippen LogP contribution in [0.3, 0.4) is 0 Å². The largest absolute Gasteiger partial charge is 0.103 e. The van der Waals surface area contributed by atoms with Crippen LogP contribution < -0.4 is 0 Å². The Morgan fingerprint density at radius 3 is 2.25 bits per heavy atom. The van der Waals surface area contributed by atoms with E-state index in [1.807, 2.05) is 6.08 Å². The zero-order chi connectivity index (χ0) is 9.61. The Hall–Kier alpha value is -0.260. The Morgan fingerprint density at radius 1 is 1.25 bits per heavy atom. The first-order valence-corrected chi connectivity index (χ1v) is 5.09. The lowest BCUT2D eigenvalue weighted by Gasteiger charge is -2.24. The van der Waals surface area contributed by atoms with Crippen LogP contribution in [0.5, 0.6) is 0 Å². The third-order valence-corrected chi connectivity index (χ3v) is 2.42. The van der Waals surface area contributed by atoms with E-state index >= 15 is 0 Å². The van der Waals surface area contributed by atoms with Crippen molar-refractivity contribution >= 4 is 0 Å². The fourth-order valence-electron chi connectivity index (χ4n) is 1.30. The lowest BCUT2D eigenvalue weighted by Crippen LogP contribution is -2.11. The molecule has 0 aliphatic heterocycles. The number of rotatable bonds is 6. The predicted molar refractivity (Wildman–Crippen MR) is 57.3 cm³/mol. The van der Waals surface area contributed by atoms with E-state index in [4.69, 9.17) is 0 Å². The second-order valence-electron chi connectivity index (χ2n) is 4.92. The maximum Gasteiger partial charge on any atom is -0.0348 e. The van der Waals surface area contributed by atoms with Gasteiger partial charge in [-0.15, -0.1) is 6.58 Å². The van der Waals surface area contributed by atoms with Crippen LogP contribution in [0.1, 0.15) is 53.4 Å². The zero-order valence-corrected chi connectivity index (χ0v) is 9.19. The molecule has 0 aliphatic carbocycles. The van der Waals surface area contributed by atoms with Crippen molar-refractivity contribution in [3.05, 3.63) is 12.7 Å². The highest BCUT2D eigenvalue weighted by Crippen LogP contribution is 2.29. The summed E-state index contributed by atoms with van der Waals surface area (Å²) in [5, 5.41) is 0. The van der Waals surface area contributed by atoms with Crippen molar-refractivity contribution in [2.24, 2.45) is 11.3 Å². The van der Waals surface area contributed by atoms with Crippen molar-refractivity contribution in [2.45, 2.75) is 53.4 Å². The molecule has 0 unspecified atom stereocenters. The molecule has 0 N–H and O–H groups in total. The minimum atomic E-state index is 0.512. The minimum absolute atomic E-state index is 0.512. The summed E-state index contributed by atoms with van der Waals surface area (Å²) in [7, 11) is 0. The summed E-state index contributed by atoms with van der Waals surface area (Å²) in [5.74, 6) is 0.841. The quantitative estimate of drug-likeness (QED) is 0.515. The Labute approximate surface area is 78.1 Å². The van der Waals surface area contributed by atoms with Crippen molar-refractivity contribution in [3.8, 4) is 0 Å². The molecule has 72 valence electrons. The van der Waals surface area contributed by atoms with Gasteiger partial charge < -0.3 is 0 Å². The highest BCUT2D eigenvalue weighted by Gasteiger charge is 2.16. The van der Waals surface area contributed by atoms with Gasteiger partial charge in [-0.2, -0.15) is 0 Å². The molecular weight excluding hydrogens is 144 g/mol. The van der Waals surface area contributed by atoms with Crippen LogP contribution in [0, 0.1) is 11.3 Å². The number of hydrogen-bond donors (Lipinski definition) is 0. The topological polar surface area (TPSA) is 0 Å². The smallest absolute Gasteiger partial charge is 0.0348 e. The van der Waals surface area contributed by atoms with Gasteiger partial charge in [-0.25, -0.2) is 0 Å². The molecule has 0 rings (SSSR count). The molecular formula is C12H24. The van der Waals surface area contributed by atoms with E-state index in [9.17, 15) is 0 Å². The second-order valence-corrected chi connectivity index (χ2v) is 4.92. The van der Waals surface area contributed by atoms with Crippen molar-refractivity contribution in [1.82, 2.24) is 0 Å². The van der Waals surface area contributed by atoms with Gasteiger partial charge in [0.2, 0.25) is 0 Å². The summed E-state index contributed by atoms with van der Waals surface area (Å²) >= 11 is 0. The molecule has 0 spiro atoms. The molecule has 0 aliphatic rings. The van der Waals surface area contributed by atoms with E-state index in [-0.39, 0.29) is 0 Å². The first-order valence-electron chi connectivity index (χ1n) is 5.09. The van der Waals surface area contributed by atoms with Crippen LogP contribution in [-0.2, 0) is 0 Å². The molecule has 0 aromatic carbocycles. The lowest BCUT2D eigenvalue weighted by molar-refractivity contribution is 0.284. The molecule has 0 nitrogen and oxygen atoms in total. The highest BCUT2D eigenvalue weighted by atomic mass is 14.2. The molecule has 0 bridgehead atoms. The predicted octanol–water partition coefficient (Wildman–Crippen LogP) is 4.42. The Morgan fingerprint density at radius 2 is 1.83 bits per heavy atom. The van der Waals surface area contributed by atoms with Gasteiger partial charge in [0.15, 0.2) is 0 Å². The molecule has 0 atom stereocenters. The van der Waals surface area contributed by atoms with Crippen LogP contribution >= 0.6 is 0 Å². The van der Waals surface area contributed by atoms with E-state index in [0.717, 1.165) is 12.3 Å². The van der Waals surface area contributed by atoms with Crippen molar-refractivity contribution in [3.63, 3.8) is 0 Å². The molecule has 12 heavy (non-hydrogen) atoms. The van der Waals surface area contributed by atoms with Crippen molar-refractivity contribution < 1.29 is 0 Å². The Bertz CT molecular complexity index is 120. The van der Waals surface area contributed by atoms with Gasteiger partial charge in [-0.3, -0.25) is 0 Å². The van der Waals surface area contributed by atoms with E-state index < -0.39 is 0 Å².